The summed E-state index contributed by atoms with van der Waals surface area (Å²) in [5.74, 6) is 1.97. The molecule has 2 heterocycles. The zero-order chi connectivity index (χ0) is 20.2. The highest BCUT2D eigenvalue weighted by molar-refractivity contribution is 14.0. The number of hydrogen-bond acceptors (Lipinski definition) is 4. The fourth-order valence-electron chi connectivity index (χ4n) is 3.41. The van der Waals surface area contributed by atoms with E-state index in [1.165, 1.54) is 32.1 Å². The minimum atomic E-state index is 0. The van der Waals surface area contributed by atoms with E-state index in [4.69, 9.17) is 4.99 Å². The Balaban J connectivity index is 0.00000420. The molecule has 1 unspecified atom stereocenters. The maximum atomic E-state index is 4.75. The molecule has 6 nitrogen and oxygen atoms in total. The lowest BCUT2D eigenvalue weighted by Crippen LogP contribution is -2.44. The Labute approximate surface area is 195 Å². The van der Waals surface area contributed by atoms with Crippen LogP contribution in [0, 0.1) is 0 Å². The van der Waals surface area contributed by atoms with Crippen molar-refractivity contribution >= 4 is 35.8 Å². The van der Waals surface area contributed by atoms with Crippen molar-refractivity contribution in [1.82, 2.24) is 20.5 Å². The van der Waals surface area contributed by atoms with Gasteiger partial charge in [0.15, 0.2) is 5.96 Å². The van der Waals surface area contributed by atoms with Crippen molar-refractivity contribution in [1.29, 1.82) is 0 Å². The van der Waals surface area contributed by atoms with Crippen LogP contribution in [0.4, 0.5) is 5.82 Å². The molecule has 0 saturated carbocycles. The minimum absolute atomic E-state index is 0. The minimum Gasteiger partial charge on any atom is -0.357 e. The number of piperazine rings is 1. The molecule has 1 saturated heterocycles. The van der Waals surface area contributed by atoms with E-state index in [0.29, 0.717) is 12.6 Å². The molecule has 7 heteroatoms. The van der Waals surface area contributed by atoms with Crippen molar-refractivity contribution in [2.45, 2.75) is 65.5 Å². The number of guanidine groups is 1. The van der Waals surface area contributed by atoms with Gasteiger partial charge in [0.1, 0.15) is 5.82 Å². The van der Waals surface area contributed by atoms with Crippen LogP contribution < -0.4 is 15.5 Å². The first-order valence-electron chi connectivity index (χ1n) is 11.1. The quantitative estimate of drug-likeness (QED) is 0.214. The van der Waals surface area contributed by atoms with Crippen molar-refractivity contribution in [3.63, 3.8) is 0 Å². The zero-order valence-corrected chi connectivity index (χ0v) is 21.1. The number of unbranched alkanes of at least 4 members (excludes halogenated alkanes) is 3. The monoisotopic (exact) mass is 516 g/mol. The van der Waals surface area contributed by atoms with Gasteiger partial charge in [-0.25, -0.2) is 9.98 Å². The molecule has 2 N–H and O–H groups in total. The van der Waals surface area contributed by atoms with Crippen LogP contribution in [0.1, 0.15) is 58.4 Å². The average molecular weight is 517 g/mol. The molecule has 29 heavy (non-hydrogen) atoms. The summed E-state index contributed by atoms with van der Waals surface area (Å²) in [6.07, 6.45) is 8.37. The fourth-order valence-corrected chi connectivity index (χ4v) is 3.41. The number of halogens is 1. The Morgan fingerprint density at radius 1 is 1.14 bits per heavy atom. The normalized spacial score (nSPS) is 16.3. The highest BCUT2D eigenvalue weighted by atomic mass is 127. The van der Waals surface area contributed by atoms with Crippen LogP contribution >= 0.6 is 24.0 Å². The van der Waals surface area contributed by atoms with Crippen LogP contribution in [0.25, 0.3) is 0 Å². The lowest BCUT2D eigenvalue weighted by molar-refractivity contribution is 0.312. The van der Waals surface area contributed by atoms with E-state index in [9.17, 15) is 0 Å². The van der Waals surface area contributed by atoms with Crippen LogP contribution in [0.2, 0.25) is 0 Å². The molecule has 1 atom stereocenters. The van der Waals surface area contributed by atoms with Crippen LogP contribution in [-0.2, 0) is 6.54 Å². The number of pyridine rings is 1. The maximum absolute atomic E-state index is 4.75. The van der Waals surface area contributed by atoms with Crippen molar-refractivity contribution in [2.24, 2.45) is 4.99 Å². The molecule has 0 aliphatic carbocycles. The second kappa shape index (κ2) is 14.8. The van der Waals surface area contributed by atoms with Crippen LogP contribution in [0.5, 0.6) is 0 Å². The van der Waals surface area contributed by atoms with Gasteiger partial charge in [0.2, 0.25) is 0 Å². The van der Waals surface area contributed by atoms with E-state index < -0.39 is 0 Å². The summed E-state index contributed by atoms with van der Waals surface area (Å²) in [5.41, 5.74) is 1.14. The van der Waals surface area contributed by atoms with Gasteiger partial charge in [-0.2, -0.15) is 0 Å². The fraction of sp³-hybridized carbons (Fsp3) is 0.727. The molecule has 1 fully saturated rings. The standard InChI is InChI=1S/C22H40N6.HI/c1-5-7-8-9-10-19(3)26-22(23-6-2)25-18-20-11-12-21(24-17-20)28-15-13-27(4)14-16-28;/h11-12,17,19H,5-10,13-16,18H2,1-4H3,(H2,23,25,26);1H. The number of rotatable bonds is 10. The van der Waals surface area contributed by atoms with Gasteiger partial charge in [0.05, 0.1) is 6.54 Å². The number of hydrogen-bond donors (Lipinski definition) is 2. The SMILES string of the molecule is CCCCCCC(C)NC(=NCc1ccc(N2CCN(C)CC2)nc1)NCC.I. The van der Waals surface area contributed by atoms with E-state index in [2.05, 4.69) is 65.4 Å². The Morgan fingerprint density at radius 2 is 1.90 bits per heavy atom. The van der Waals surface area contributed by atoms with Gasteiger partial charge < -0.3 is 20.4 Å². The summed E-state index contributed by atoms with van der Waals surface area (Å²) in [4.78, 5) is 14.1. The third-order valence-corrected chi connectivity index (χ3v) is 5.27. The molecule has 2 rings (SSSR count). The zero-order valence-electron chi connectivity index (χ0n) is 18.8. The van der Waals surface area contributed by atoms with Crippen LogP contribution in [0.15, 0.2) is 23.3 Å². The molecule has 1 aliphatic heterocycles. The third-order valence-electron chi connectivity index (χ3n) is 5.27. The number of aliphatic imine (C=N–C) groups is 1. The second-order valence-electron chi connectivity index (χ2n) is 7.90. The number of nitrogens with one attached hydrogen (secondary N) is 2. The summed E-state index contributed by atoms with van der Waals surface area (Å²) in [7, 11) is 2.17. The Kier molecular flexibility index (Phi) is 13.3. The van der Waals surface area contributed by atoms with Gasteiger partial charge in [0.25, 0.3) is 0 Å². The van der Waals surface area contributed by atoms with Crippen LogP contribution in [0.3, 0.4) is 0 Å². The molecule has 0 spiro atoms. The Morgan fingerprint density at radius 3 is 2.52 bits per heavy atom. The average Bonchev–Trinajstić information content (AvgIpc) is 2.71. The molecular formula is C22H41IN6. The van der Waals surface area contributed by atoms with Gasteiger partial charge >= 0.3 is 0 Å². The molecule has 166 valence electrons. The highest BCUT2D eigenvalue weighted by Gasteiger charge is 2.14. The predicted octanol–water partition coefficient (Wildman–Crippen LogP) is 3.87. The third kappa shape index (κ3) is 9.98. The van der Waals surface area contributed by atoms with Crippen molar-refractivity contribution in [3.8, 4) is 0 Å². The highest BCUT2D eigenvalue weighted by Crippen LogP contribution is 2.14. The molecule has 1 aromatic heterocycles. The van der Waals surface area contributed by atoms with E-state index in [0.717, 1.165) is 50.1 Å². The maximum Gasteiger partial charge on any atom is 0.191 e. The molecule has 1 aromatic rings. The lowest BCUT2D eigenvalue weighted by atomic mass is 10.1. The summed E-state index contributed by atoms with van der Waals surface area (Å²) in [6, 6.07) is 4.72. The predicted molar refractivity (Wildman–Crippen MR) is 136 cm³/mol. The van der Waals surface area contributed by atoms with E-state index >= 15 is 0 Å². The van der Waals surface area contributed by atoms with Gasteiger partial charge in [-0.1, -0.05) is 38.7 Å². The molecule has 0 aromatic carbocycles. The lowest BCUT2D eigenvalue weighted by Gasteiger charge is -2.33. The topological polar surface area (TPSA) is 55.8 Å². The summed E-state index contributed by atoms with van der Waals surface area (Å²) in [6.45, 7) is 12.4. The van der Waals surface area contributed by atoms with Gasteiger partial charge in [0, 0.05) is 45.0 Å². The first kappa shape index (κ1) is 25.9. The van der Waals surface area contributed by atoms with E-state index in [-0.39, 0.29) is 24.0 Å². The Bertz CT molecular complexity index is 569. The number of nitrogens with zero attached hydrogens (tertiary/aromatic N) is 4. The van der Waals surface area contributed by atoms with Gasteiger partial charge in [-0.15, -0.1) is 24.0 Å². The molecule has 0 bridgehead atoms. The summed E-state index contributed by atoms with van der Waals surface area (Å²) < 4.78 is 0. The smallest absolute Gasteiger partial charge is 0.191 e. The molecule has 0 amide bonds. The largest absolute Gasteiger partial charge is 0.357 e. The molecule has 0 radical (unpaired) electrons. The number of aromatic nitrogens is 1. The molecular weight excluding hydrogens is 475 g/mol. The van der Waals surface area contributed by atoms with Crippen LogP contribution in [-0.4, -0.2) is 61.7 Å². The van der Waals surface area contributed by atoms with Crippen molar-refractivity contribution < 1.29 is 0 Å². The number of anilines is 1. The molecule has 1 aliphatic rings. The summed E-state index contributed by atoms with van der Waals surface area (Å²) >= 11 is 0. The second-order valence-corrected chi connectivity index (χ2v) is 7.90. The van der Waals surface area contributed by atoms with E-state index in [1.54, 1.807) is 0 Å². The number of likely N-dealkylation sites (N-methyl/N-ethyl adjacent to an activating group) is 1. The van der Waals surface area contributed by atoms with E-state index in [1.807, 2.05) is 6.20 Å². The Hall–Kier alpha value is -1.09. The summed E-state index contributed by atoms with van der Waals surface area (Å²) in [5, 5.41) is 6.90. The van der Waals surface area contributed by atoms with Gasteiger partial charge in [-0.3, -0.25) is 0 Å². The van der Waals surface area contributed by atoms with Crippen molar-refractivity contribution in [3.05, 3.63) is 23.9 Å². The van der Waals surface area contributed by atoms with Crippen molar-refractivity contribution in [2.75, 3.05) is 44.7 Å². The first-order valence-corrected chi connectivity index (χ1v) is 11.1. The first-order chi connectivity index (χ1) is 13.6. The van der Waals surface area contributed by atoms with Gasteiger partial charge in [-0.05, 0) is 38.9 Å².